The van der Waals surface area contributed by atoms with E-state index in [1.165, 1.54) is 11.8 Å². The topological polar surface area (TPSA) is 110 Å². The number of esters is 1. The maximum Gasteiger partial charge on any atom is 0.372 e. The predicted octanol–water partition coefficient (Wildman–Crippen LogP) is 1.22. The molecule has 0 heterocycles. The van der Waals surface area contributed by atoms with E-state index in [2.05, 4.69) is 10.1 Å². The van der Waals surface area contributed by atoms with Gasteiger partial charge in [-0.25, -0.2) is 4.79 Å². The van der Waals surface area contributed by atoms with E-state index in [-0.39, 0.29) is 36.4 Å². The van der Waals surface area contributed by atoms with Crippen molar-refractivity contribution in [3.05, 3.63) is 0 Å². The third-order valence-corrected chi connectivity index (χ3v) is 3.50. The summed E-state index contributed by atoms with van der Waals surface area (Å²) in [6, 6.07) is -0.870. The van der Waals surface area contributed by atoms with Crippen molar-refractivity contribution in [2.24, 2.45) is 0 Å². The third-order valence-electron chi connectivity index (χ3n) is 2.41. The van der Waals surface area contributed by atoms with Crippen molar-refractivity contribution < 1.29 is 23.9 Å². The standard InChI is InChI=1S/C14H23N3O4S/c1-9(2)21-14(20)12(6-5-11(18)7-16-15)17-13(19)8-22-10(3)4/h7,9-10,12,15H,5-6,8H2,1-4H3/p+1/t12-/m0/s1. The van der Waals surface area contributed by atoms with Crippen molar-refractivity contribution >= 4 is 35.6 Å². The zero-order valence-electron chi connectivity index (χ0n) is 13.4. The second kappa shape index (κ2) is 11.0. The van der Waals surface area contributed by atoms with E-state index in [9.17, 15) is 14.4 Å². The molecule has 0 spiro atoms. The molecule has 2 N–H and O–H groups in total. The SMILES string of the molecule is CC(C)OC(=O)[C@H](CCC(=O)C=[N+]=N)NC(=O)CSC(C)C. The largest absolute Gasteiger partial charge is 0.461 e. The van der Waals surface area contributed by atoms with Crippen molar-refractivity contribution in [2.45, 2.75) is 57.9 Å². The van der Waals surface area contributed by atoms with Gasteiger partial charge in [-0.15, -0.1) is 11.8 Å². The van der Waals surface area contributed by atoms with Crippen LogP contribution in [-0.4, -0.2) is 51.8 Å². The predicted molar refractivity (Wildman–Crippen MR) is 84.0 cm³/mol. The number of ketones is 1. The molecule has 0 saturated carbocycles. The summed E-state index contributed by atoms with van der Waals surface area (Å²) >= 11 is 1.46. The molecule has 0 aromatic heterocycles. The van der Waals surface area contributed by atoms with E-state index >= 15 is 0 Å². The summed E-state index contributed by atoms with van der Waals surface area (Å²) < 4.78 is 5.09. The summed E-state index contributed by atoms with van der Waals surface area (Å²) in [4.78, 5) is 38.0. The Morgan fingerprint density at radius 3 is 2.41 bits per heavy atom. The Morgan fingerprint density at radius 2 is 1.91 bits per heavy atom. The zero-order valence-corrected chi connectivity index (χ0v) is 14.2. The van der Waals surface area contributed by atoms with Gasteiger partial charge >= 0.3 is 12.2 Å². The van der Waals surface area contributed by atoms with Crippen molar-refractivity contribution in [3.8, 4) is 0 Å². The van der Waals surface area contributed by atoms with Gasteiger partial charge in [-0.1, -0.05) is 13.8 Å². The fourth-order valence-corrected chi connectivity index (χ4v) is 2.03. The number of carbonyl (C=O) groups excluding carboxylic acids is 3. The summed E-state index contributed by atoms with van der Waals surface area (Å²) in [6.45, 7) is 7.37. The summed E-state index contributed by atoms with van der Waals surface area (Å²) in [7, 11) is 0. The van der Waals surface area contributed by atoms with Crippen molar-refractivity contribution in [3.63, 3.8) is 0 Å². The van der Waals surface area contributed by atoms with Crippen LogP contribution in [0.25, 0.3) is 0 Å². The minimum Gasteiger partial charge on any atom is -0.461 e. The molecule has 0 aromatic rings. The van der Waals surface area contributed by atoms with Gasteiger partial charge in [0.25, 0.3) is 0 Å². The molecule has 0 aliphatic heterocycles. The number of nitrogens with zero attached hydrogens (tertiary/aromatic N) is 1. The smallest absolute Gasteiger partial charge is 0.372 e. The molecule has 124 valence electrons. The number of carbonyl (C=O) groups is 3. The Bertz CT molecular complexity index is 445. The first-order chi connectivity index (χ1) is 10.3. The van der Waals surface area contributed by atoms with Crippen LogP contribution < -0.4 is 5.32 Å². The van der Waals surface area contributed by atoms with Crippen molar-refractivity contribution in [1.82, 2.24) is 5.32 Å². The number of Topliss-reactive ketones (excluding diaryl/α,β-unsaturated/α-hetero) is 1. The Morgan fingerprint density at radius 1 is 1.27 bits per heavy atom. The molecule has 0 aromatic carbocycles. The molecule has 0 saturated heterocycles. The van der Waals surface area contributed by atoms with Crippen LogP contribution in [0.2, 0.25) is 0 Å². The van der Waals surface area contributed by atoms with Crippen molar-refractivity contribution in [2.75, 3.05) is 5.75 Å². The number of ether oxygens (including phenoxy) is 1. The van der Waals surface area contributed by atoms with E-state index in [0.29, 0.717) is 5.25 Å². The van der Waals surface area contributed by atoms with Gasteiger partial charge in [0.05, 0.1) is 22.2 Å². The Balaban J connectivity index is 4.63. The summed E-state index contributed by atoms with van der Waals surface area (Å²) in [5.41, 5.74) is 6.59. The van der Waals surface area contributed by atoms with Crippen LogP contribution in [0.3, 0.4) is 0 Å². The fraction of sp³-hybridized carbons (Fsp3) is 0.714. The molecule has 1 atom stereocenters. The van der Waals surface area contributed by atoms with E-state index < -0.39 is 12.0 Å². The highest BCUT2D eigenvalue weighted by molar-refractivity contribution is 8.00. The first-order valence-corrected chi connectivity index (χ1v) is 8.15. The molecule has 0 radical (unpaired) electrons. The van der Waals surface area contributed by atoms with Gasteiger partial charge in [0.15, 0.2) is 0 Å². The lowest BCUT2D eigenvalue weighted by atomic mass is 10.1. The lowest BCUT2D eigenvalue weighted by Crippen LogP contribution is -2.43. The van der Waals surface area contributed by atoms with Crippen molar-refractivity contribution in [1.29, 1.82) is 5.53 Å². The summed E-state index contributed by atoms with van der Waals surface area (Å²) in [5, 5.41) is 2.90. The molecule has 0 bridgehead atoms. The normalized spacial score (nSPS) is 11.7. The van der Waals surface area contributed by atoms with Gasteiger partial charge in [0.2, 0.25) is 11.7 Å². The highest BCUT2D eigenvalue weighted by Crippen LogP contribution is 2.09. The maximum absolute atomic E-state index is 12.0. The lowest BCUT2D eigenvalue weighted by molar-refractivity contribution is -0.151. The van der Waals surface area contributed by atoms with Crippen LogP contribution in [0.5, 0.6) is 0 Å². The van der Waals surface area contributed by atoms with E-state index in [0.717, 1.165) is 6.21 Å². The molecule has 0 unspecified atom stereocenters. The first kappa shape index (κ1) is 20.3. The van der Waals surface area contributed by atoms with Gasteiger partial charge in [0.1, 0.15) is 6.04 Å². The second-order valence-electron chi connectivity index (χ2n) is 5.23. The minimum absolute atomic E-state index is 0.0118. The number of thioether (sulfide) groups is 1. The van der Waals surface area contributed by atoms with E-state index in [1.54, 1.807) is 13.8 Å². The highest BCUT2D eigenvalue weighted by Gasteiger charge is 2.24. The van der Waals surface area contributed by atoms with Crippen LogP contribution in [0.1, 0.15) is 40.5 Å². The van der Waals surface area contributed by atoms with E-state index in [4.69, 9.17) is 10.3 Å². The molecular weight excluding hydrogens is 306 g/mol. The Kier molecular flexibility index (Phi) is 10.2. The number of rotatable bonds is 10. The third kappa shape index (κ3) is 10.1. The summed E-state index contributed by atoms with van der Waals surface area (Å²) in [6.07, 6.45) is 0.704. The van der Waals surface area contributed by atoms with Gasteiger partial charge in [0, 0.05) is 6.42 Å². The van der Waals surface area contributed by atoms with E-state index in [1.807, 2.05) is 13.8 Å². The monoisotopic (exact) mass is 330 g/mol. The molecule has 1 amide bonds. The molecule has 22 heavy (non-hydrogen) atoms. The van der Waals surface area contributed by atoms with Crippen LogP contribution in [-0.2, 0) is 19.1 Å². The zero-order chi connectivity index (χ0) is 17.1. The molecule has 0 aliphatic rings. The van der Waals surface area contributed by atoms with Crippen LogP contribution in [0, 0.1) is 5.53 Å². The van der Waals surface area contributed by atoms with Crippen LogP contribution in [0.15, 0.2) is 0 Å². The number of amides is 1. The first-order valence-electron chi connectivity index (χ1n) is 7.10. The number of hydrogen-bond acceptors (Lipinski definition) is 6. The number of hydrogen-bond donors (Lipinski definition) is 2. The van der Waals surface area contributed by atoms with Crippen LogP contribution >= 0.6 is 11.8 Å². The second-order valence-corrected chi connectivity index (χ2v) is 6.79. The average molecular weight is 330 g/mol. The van der Waals surface area contributed by atoms with Gasteiger partial charge in [-0.3, -0.25) is 9.59 Å². The van der Waals surface area contributed by atoms with Gasteiger partial charge < -0.3 is 10.1 Å². The number of nitrogens with one attached hydrogen (secondary N) is 2. The lowest BCUT2D eigenvalue weighted by Gasteiger charge is -2.18. The average Bonchev–Trinajstić information content (AvgIpc) is 2.40. The molecular formula is C14H24N3O4S+. The molecule has 0 fully saturated rings. The summed E-state index contributed by atoms with van der Waals surface area (Å²) in [5.74, 6) is -0.965. The molecule has 0 aliphatic carbocycles. The van der Waals surface area contributed by atoms with Gasteiger partial charge in [-0.2, -0.15) is 0 Å². The Hall–Kier alpha value is -1.66. The molecule has 8 heteroatoms. The highest BCUT2D eigenvalue weighted by atomic mass is 32.2. The maximum atomic E-state index is 12.0. The van der Waals surface area contributed by atoms with Crippen LogP contribution in [0.4, 0.5) is 0 Å². The Labute approximate surface area is 134 Å². The minimum atomic E-state index is -0.870. The molecule has 0 rings (SSSR count). The quantitative estimate of drug-likeness (QED) is 0.271. The van der Waals surface area contributed by atoms with Gasteiger partial charge in [-0.05, 0) is 25.5 Å². The molecule has 7 nitrogen and oxygen atoms in total. The fourth-order valence-electron chi connectivity index (χ4n) is 1.46.